The van der Waals surface area contributed by atoms with Gasteiger partial charge in [0.15, 0.2) is 5.78 Å². The standard InChI is InChI=1S/C18H24O/c1-13-5-4-8-16(11-13)18(19)17-10-9-14-6-2-3-7-15(14)12-17/h4-5,8,11,14-15,17H,2-3,6-7,9-10,12H2,1H3. The first-order valence-corrected chi connectivity index (χ1v) is 7.85. The quantitative estimate of drug-likeness (QED) is 0.696. The second kappa shape index (κ2) is 5.48. The summed E-state index contributed by atoms with van der Waals surface area (Å²) in [5.41, 5.74) is 2.12. The fourth-order valence-corrected chi connectivity index (χ4v) is 4.15. The third-order valence-corrected chi connectivity index (χ3v) is 5.21. The molecule has 0 aliphatic heterocycles. The number of hydrogen-bond acceptors (Lipinski definition) is 1. The van der Waals surface area contributed by atoms with E-state index in [0.29, 0.717) is 11.7 Å². The Labute approximate surface area is 116 Å². The van der Waals surface area contributed by atoms with Crippen LogP contribution < -0.4 is 0 Å². The van der Waals surface area contributed by atoms with Gasteiger partial charge in [-0.2, -0.15) is 0 Å². The molecule has 0 radical (unpaired) electrons. The molecule has 3 rings (SSSR count). The molecule has 2 aliphatic carbocycles. The molecule has 0 saturated heterocycles. The van der Waals surface area contributed by atoms with Gasteiger partial charge in [-0.3, -0.25) is 4.79 Å². The Kier molecular flexibility index (Phi) is 3.72. The zero-order valence-corrected chi connectivity index (χ0v) is 11.9. The largest absolute Gasteiger partial charge is 0.294 e. The number of aryl methyl sites for hydroxylation is 1. The average molecular weight is 256 g/mol. The van der Waals surface area contributed by atoms with Gasteiger partial charge < -0.3 is 0 Å². The van der Waals surface area contributed by atoms with Gasteiger partial charge in [0.2, 0.25) is 0 Å². The molecule has 3 unspecified atom stereocenters. The van der Waals surface area contributed by atoms with Gasteiger partial charge in [-0.05, 0) is 44.1 Å². The first-order chi connectivity index (χ1) is 9.24. The summed E-state index contributed by atoms with van der Waals surface area (Å²) in [6.45, 7) is 2.06. The van der Waals surface area contributed by atoms with Crippen molar-refractivity contribution in [1.82, 2.24) is 0 Å². The van der Waals surface area contributed by atoms with Crippen molar-refractivity contribution in [3.8, 4) is 0 Å². The number of ketones is 1. The SMILES string of the molecule is Cc1cccc(C(=O)C2CCC3CCCCC3C2)c1. The highest BCUT2D eigenvalue weighted by molar-refractivity contribution is 5.98. The lowest BCUT2D eigenvalue weighted by Crippen LogP contribution is -2.31. The molecule has 0 spiro atoms. The number of carbonyl (C=O) groups is 1. The highest BCUT2D eigenvalue weighted by atomic mass is 16.1. The van der Waals surface area contributed by atoms with E-state index in [1.54, 1.807) is 0 Å². The molecule has 2 fully saturated rings. The average Bonchev–Trinajstić information content (AvgIpc) is 2.46. The zero-order valence-electron chi connectivity index (χ0n) is 11.9. The molecule has 19 heavy (non-hydrogen) atoms. The first-order valence-electron chi connectivity index (χ1n) is 7.85. The van der Waals surface area contributed by atoms with Crippen LogP contribution in [0.4, 0.5) is 0 Å². The summed E-state index contributed by atoms with van der Waals surface area (Å²) in [4.78, 5) is 12.6. The second-order valence-electron chi connectivity index (χ2n) is 6.55. The summed E-state index contributed by atoms with van der Waals surface area (Å²) < 4.78 is 0. The van der Waals surface area contributed by atoms with E-state index in [0.717, 1.165) is 30.2 Å². The van der Waals surface area contributed by atoms with Gasteiger partial charge in [0.1, 0.15) is 0 Å². The van der Waals surface area contributed by atoms with Crippen molar-refractivity contribution < 1.29 is 4.79 Å². The fourth-order valence-electron chi connectivity index (χ4n) is 4.15. The minimum absolute atomic E-state index is 0.293. The van der Waals surface area contributed by atoms with E-state index in [-0.39, 0.29) is 0 Å². The lowest BCUT2D eigenvalue weighted by molar-refractivity contribution is 0.0763. The summed E-state index contributed by atoms with van der Waals surface area (Å²) >= 11 is 0. The topological polar surface area (TPSA) is 17.1 Å². The number of hydrogen-bond donors (Lipinski definition) is 0. The molecule has 102 valence electrons. The summed E-state index contributed by atoms with van der Waals surface area (Å²) in [7, 11) is 0. The maximum Gasteiger partial charge on any atom is 0.165 e. The lowest BCUT2D eigenvalue weighted by Gasteiger charge is -2.38. The number of carbonyl (C=O) groups excluding carboxylic acids is 1. The number of benzene rings is 1. The Morgan fingerprint density at radius 2 is 1.84 bits per heavy atom. The van der Waals surface area contributed by atoms with Crippen LogP contribution in [-0.2, 0) is 0 Å². The Balaban J connectivity index is 1.71. The summed E-state index contributed by atoms with van der Waals surface area (Å²) in [5.74, 6) is 2.45. The molecule has 2 saturated carbocycles. The summed E-state index contributed by atoms with van der Waals surface area (Å²) in [6, 6.07) is 8.11. The lowest BCUT2D eigenvalue weighted by atomic mass is 9.66. The first kappa shape index (κ1) is 12.9. The van der Waals surface area contributed by atoms with Crippen LogP contribution in [0.2, 0.25) is 0 Å². The minimum Gasteiger partial charge on any atom is -0.294 e. The molecule has 0 aromatic heterocycles. The maximum absolute atomic E-state index is 12.6. The molecule has 3 atom stereocenters. The van der Waals surface area contributed by atoms with Gasteiger partial charge in [-0.15, -0.1) is 0 Å². The van der Waals surface area contributed by atoms with Crippen LogP contribution in [0.15, 0.2) is 24.3 Å². The third-order valence-electron chi connectivity index (χ3n) is 5.21. The van der Waals surface area contributed by atoms with Gasteiger partial charge in [0.05, 0.1) is 0 Å². The van der Waals surface area contributed by atoms with E-state index < -0.39 is 0 Å². The number of fused-ring (bicyclic) bond motifs is 1. The summed E-state index contributed by atoms with van der Waals surface area (Å²) in [6.07, 6.45) is 9.13. The van der Waals surface area contributed by atoms with Crippen LogP contribution in [0.25, 0.3) is 0 Å². The molecule has 1 nitrogen and oxygen atoms in total. The Morgan fingerprint density at radius 1 is 1.05 bits per heavy atom. The normalized spacial score (nSPS) is 30.7. The van der Waals surface area contributed by atoms with E-state index in [9.17, 15) is 4.79 Å². The van der Waals surface area contributed by atoms with Gasteiger partial charge in [-0.25, -0.2) is 0 Å². The molecular weight excluding hydrogens is 232 g/mol. The minimum atomic E-state index is 0.293. The molecule has 1 aromatic rings. The van der Waals surface area contributed by atoms with Crippen molar-refractivity contribution in [2.45, 2.75) is 51.9 Å². The van der Waals surface area contributed by atoms with Crippen molar-refractivity contribution in [3.63, 3.8) is 0 Å². The van der Waals surface area contributed by atoms with Crippen molar-refractivity contribution in [2.75, 3.05) is 0 Å². The van der Waals surface area contributed by atoms with Crippen molar-refractivity contribution >= 4 is 5.78 Å². The second-order valence-corrected chi connectivity index (χ2v) is 6.55. The number of Topliss-reactive ketones (excluding diaryl/α,β-unsaturated/α-hetero) is 1. The third kappa shape index (κ3) is 2.75. The van der Waals surface area contributed by atoms with Crippen molar-refractivity contribution in [1.29, 1.82) is 0 Å². The van der Waals surface area contributed by atoms with E-state index >= 15 is 0 Å². The van der Waals surface area contributed by atoms with Gasteiger partial charge in [-0.1, -0.05) is 49.4 Å². The van der Waals surface area contributed by atoms with Crippen LogP contribution in [0.3, 0.4) is 0 Å². The van der Waals surface area contributed by atoms with Crippen molar-refractivity contribution in [2.24, 2.45) is 17.8 Å². The van der Waals surface area contributed by atoms with Gasteiger partial charge >= 0.3 is 0 Å². The Hall–Kier alpha value is -1.11. The number of rotatable bonds is 2. The smallest absolute Gasteiger partial charge is 0.165 e. The Bertz CT molecular complexity index is 463. The van der Waals surface area contributed by atoms with Crippen LogP contribution in [-0.4, -0.2) is 5.78 Å². The molecule has 0 heterocycles. The highest BCUT2D eigenvalue weighted by Gasteiger charge is 2.35. The summed E-state index contributed by atoms with van der Waals surface area (Å²) in [5, 5.41) is 0. The van der Waals surface area contributed by atoms with Crippen LogP contribution in [0, 0.1) is 24.7 Å². The zero-order chi connectivity index (χ0) is 13.2. The monoisotopic (exact) mass is 256 g/mol. The van der Waals surface area contributed by atoms with E-state index in [1.807, 2.05) is 12.1 Å². The van der Waals surface area contributed by atoms with E-state index in [4.69, 9.17) is 0 Å². The van der Waals surface area contributed by atoms with E-state index in [2.05, 4.69) is 19.1 Å². The van der Waals surface area contributed by atoms with Crippen LogP contribution >= 0.6 is 0 Å². The predicted molar refractivity (Wildman–Crippen MR) is 78.3 cm³/mol. The molecular formula is C18H24O. The predicted octanol–water partition coefficient (Wildman–Crippen LogP) is 4.78. The Morgan fingerprint density at radius 3 is 2.63 bits per heavy atom. The van der Waals surface area contributed by atoms with E-state index in [1.165, 1.54) is 37.7 Å². The molecule has 0 bridgehead atoms. The maximum atomic E-state index is 12.6. The molecule has 0 amide bonds. The van der Waals surface area contributed by atoms with Crippen LogP contribution in [0.5, 0.6) is 0 Å². The van der Waals surface area contributed by atoms with Crippen molar-refractivity contribution in [3.05, 3.63) is 35.4 Å². The van der Waals surface area contributed by atoms with Gasteiger partial charge in [0, 0.05) is 11.5 Å². The van der Waals surface area contributed by atoms with Gasteiger partial charge in [0.25, 0.3) is 0 Å². The molecule has 2 aliphatic rings. The van der Waals surface area contributed by atoms with Crippen LogP contribution in [0.1, 0.15) is 60.9 Å². The fraction of sp³-hybridized carbons (Fsp3) is 0.611. The highest BCUT2D eigenvalue weighted by Crippen LogP contribution is 2.43. The molecule has 1 heteroatoms. The molecule has 1 aromatic carbocycles. The molecule has 0 N–H and O–H groups in total.